The van der Waals surface area contributed by atoms with Gasteiger partial charge in [-0.25, -0.2) is 0 Å². The predicted molar refractivity (Wildman–Crippen MR) is 77.2 cm³/mol. The molecular formula is C15H21N3O2. The quantitative estimate of drug-likeness (QED) is 0.852. The molecule has 1 aromatic rings. The largest absolute Gasteiger partial charge is 0.359 e. The fraction of sp³-hybridized carbons (Fsp3) is 0.467. The van der Waals surface area contributed by atoms with Crippen molar-refractivity contribution in [2.24, 2.45) is 5.92 Å². The number of nitrogens with zero attached hydrogens (tertiary/aromatic N) is 1. The maximum Gasteiger partial charge on any atom is 0.253 e. The standard InChI is InChI=1S/C15H21N3O2/c1-10(14(19)16-2)9-18(3)15(20)11-4-5-12-7-17-8-13(12)6-11/h4-6,10,17H,7-9H2,1-3H3,(H,16,19). The average molecular weight is 275 g/mol. The molecule has 1 aliphatic rings. The second kappa shape index (κ2) is 6.05. The van der Waals surface area contributed by atoms with Crippen molar-refractivity contribution in [3.8, 4) is 0 Å². The molecule has 1 aliphatic heterocycles. The van der Waals surface area contributed by atoms with E-state index in [0.29, 0.717) is 12.1 Å². The summed E-state index contributed by atoms with van der Waals surface area (Å²) in [6, 6.07) is 5.80. The summed E-state index contributed by atoms with van der Waals surface area (Å²) in [4.78, 5) is 25.5. The van der Waals surface area contributed by atoms with Crippen LogP contribution in [0.3, 0.4) is 0 Å². The minimum Gasteiger partial charge on any atom is -0.359 e. The van der Waals surface area contributed by atoms with Gasteiger partial charge < -0.3 is 15.5 Å². The molecule has 0 spiro atoms. The van der Waals surface area contributed by atoms with Crippen molar-refractivity contribution >= 4 is 11.8 Å². The Morgan fingerprint density at radius 3 is 2.75 bits per heavy atom. The van der Waals surface area contributed by atoms with Gasteiger partial charge in [-0.1, -0.05) is 13.0 Å². The molecule has 0 saturated heterocycles. The lowest BCUT2D eigenvalue weighted by Gasteiger charge is -2.21. The number of hydrogen-bond acceptors (Lipinski definition) is 3. The average Bonchev–Trinajstić information content (AvgIpc) is 2.92. The van der Waals surface area contributed by atoms with Crippen LogP contribution in [0.4, 0.5) is 0 Å². The van der Waals surface area contributed by atoms with E-state index in [1.165, 1.54) is 11.1 Å². The number of rotatable bonds is 4. The molecule has 2 rings (SSSR count). The first kappa shape index (κ1) is 14.5. The fourth-order valence-electron chi connectivity index (χ4n) is 2.47. The molecule has 2 amide bonds. The predicted octanol–water partition coefficient (Wildman–Crippen LogP) is 0.744. The number of carbonyl (C=O) groups excluding carboxylic acids is 2. The third-order valence-corrected chi connectivity index (χ3v) is 3.67. The molecule has 1 unspecified atom stereocenters. The Labute approximate surface area is 119 Å². The number of benzene rings is 1. The summed E-state index contributed by atoms with van der Waals surface area (Å²) in [5, 5.41) is 5.86. The van der Waals surface area contributed by atoms with Crippen LogP contribution >= 0.6 is 0 Å². The summed E-state index contributed by atoms with van der Waals surface area (Å²) in [6.45, 7) is 3.91. The summed E-state index contributed by atoms with van der Waals surface area (Å²) in [5.74, 6) is -0.316. The molecule has 0 radical (unpaired) electrons. The molecule has 0 fully saturated rings. The molecule has 5 nitrogen and oxygen atoms in total. The molecule has 20 heavy (non-hydrogen) atoms. The van der Waals surface area contributed by atoms with Gasteiger partial charge in [0.25, 0.3) is 5.91 Å². The Balaban J connectivity index is 2.05. The summed E-state index contributed by atoms with van der Waals surface area (Å²) >= 11 is 0. The van der Waals surface area contributed by atoms with Crippen molar-refractivity contribution in [2.45, 2.75) is 20.0 Å². The third kappa shape index (κ3) is 2.99. The van der Waals surface area contributed by atoms with Crippen LogP contribution in [-0.4, -0.2) is 37.4 Å². The van der Waals surface area contributed by atoms with Gasteiger partial charge in [0.15, 0.2) is 0 Å². The molecule has 2 N–H and O–H groups in total. The lowest BCUT2D eigenvalue weighted by atomic mass is 10.0. The van der Waals surface area contributed by atoms with Gasteiger partial charge in [0.1, 0.15) is 0 Å². The Hall–Kier alpha value is -1.88. The highest BCUT2D eigenvalue weighted by Gasteiger charge is 2.20. The van der Waals surface area contributed by atoms with E-state index in [1.54, 1.807) is 19.0 Å². The van der Waals surface area contributed by atoms with E-state index in [9.17, 15) is 9.59 Å². The fourth-order valence-corrected chi connectivity index (χ4v) is 2.47. The smallest absolute Gasteiger partial charge is 0.253 e. The number of carbonyl (C=O) groups is 2. The Bertz CT molecular complexity index is 528. The van der Waals surface area contributed by atoms with Gasteiger partial charge in [-0.15, -0.1) is 0 Å². The number of fused-ring (bicyclic) bond motifs is 1. The molecule has 108 valence electrons. The van der Waals surface area contributed by atoms with Crippen LogP contribution in [0.1, 0.15) is 28.4 Å². The number of nitrogens with one attached hydrogen (secondary N) is 2. The Morgan fingerprint density at radius 1 is 1.35 bits per heavy atom. The monoisotopic (exact) mass is 275 g/mol. The third-order valence-electron chi connectivity index (χ3n) is 3.67. The van der Waals surface area contributed by atoms with Gasteiger partial charge in [-0.2, -0.15) is 0 Å². The van der Waals surface area contributed by atoms with Crippen molar-refractivity contribution in [1.82, 2.24) is 15.5 Å². The molecular weight excluding hydrogens is 254 g/mol. The van der Waals surface area contributed by atoms with Gasteiger partial charge >= 0.3 is 0 Å². The maximum absolute atomic E-state index is 12.4. The van der Waals surface area contributed by atoms with E-state index in [-0.39, 0.29) is 17.7 Å². The first-order valence-corrected chi connectivity index (χ1v) is 6.82. The molecule has 1 heterocycles. The van der Waals surface area contributed by atoms with Crippen LogP contribution in [0.15, 0.2) is 18.2 Å². The molecule has 0 aromatic heterocycles. The number of amides is 2. The Morgan fingerprint density at radius 2 is 2.05 bits per heavy atom. The van der Waals surface area contributed by atoms with Gasteiger partial charge in [-0.3, -0.25) is 9.59 Å². The van der Waals surface area contributed by atoms with Crippen molar-refractivity contribution in [1.29, 1.82) is 0 Å². The van der Waals surface area contributed by atoms with Crippen molar-refractivity contribution in [2.75, 3.05) is 20.6 Å². The summed E-state index contributed by atoms with van der Waals surface area (Å²) < 4.78 is 0. The zero-order chi connectivity index (χ0) is 14.7. The maximum atomic E-state index is 12.4. The van der Waals surface area contributed by atoms with Crippen LogP contribution in [0.5, 0.6) is 0 Å². The Kier molecular flexibility index (Phi) is 4.39. The van der Waals surface area contributed by atoms with Crippen molar-refractivity contribution < 1.29 is 9.59 Å². The minimum atomic E-state index is -0.218. The van der Waals surface area contributed by atoms with Gasteiger partial charge in [-0.05, 0) is 23.3 Å². The molecule has 0 aliphatic carbocycles. The molecule has 0 saturated carbocycles. The minimum absolute atomic E-state index is 0.0459. The highest BCUT2D eigenvalue weighted by Crippen LogP contribution is 2.18. The van der Waals surface area contributed by atoms with E-state index < -0.39 is 0 Å². The van der Waals surface area contributed by atoms with Crippen LogP contribution in [-0.2, 0) is 17.9 Å². The van der Waals surface area contributed by atoms with E-state index in [4.69, 9.17) is 0 Å². The van der Waals surface area contributed by atoms with Gasteiger partial charge in [0.05, 0.1) is 5.92 Å². The lowest BCUT2D eigenvalue weighted by molar-refractivity contribution is -0.124. The molecule has 5 heteroatoms. The molecule has 1 atom stereocenters. The van der Waals surface area contributed by atoms with E-state index in [1.807, 2.05) is 25.1 Å². The zero-order valence-electron chi connectivity index (χ0n) is 12.2. The zero-order valence-corrected chi connectivity index (χ0v) is 12.2. The topological polar surface area (TPSA) is 61.4 Å². The molecule has 0 bridgehead atoms. The van der Waals surface area contributed by atoms with Crippen LogP contribution in [0, 0.1) is 5.92 Å². The van der Waals surface area contributed by atoms with Crippen molar-refractivity contribution in [3.63, 3.8) is 0 Å². The van der Waals surface area contributed by atoms with Crippen LogP contribution in [0.25, 0.3) is 0 Å². The first-order chi connectivity index (χ1) is 9.52. The second-order valence-corrected chi connectivity index (χ2v) is 5.29. The normalized spacial score (nSPS) is 14.6. The summed E-state index contributed by atoms with van der Waals surface area (Å²) in [6.07, 6.45) is 0. The summed E-state index contributed by atoms with van der Waals surface area (Å²) in [7, 11) is 3.33. The second-order valence-electron chi connectivity index (χ2n) is 5.29. The van der Waals surface area contributed by atoms with E-state index >= 15 is 0 Å². The molecule has 1 aromatic carbocycles. The number of hydrogen-bond donors (Lipinski definition) is 2. The SMILES string of the molecule is CNC(=O)C(C)CN(C)C(=O)c1ccc2c(c1)CNC2. The van der Waals surface area contributed by atoms with Crippen LogP contribution < -0.4 is 10.6 Å². The van der Waals surface area contributed by atoms with E-state index in [0.717, 1.165) is 13.1 Å². The van der Waals surface area contributed by atoms with Gasteiger partial charge in [0.2, 0.25) is 5.91 Å². The highest BCUT2D eigenvalue weighted by molar-refractivity contribution is 5.94. The lowest BCUT2D eigenvalue weighted by Crippen LogP contribution is -2.37. The van der Waals surface area contributed by atoms with Crippen LogP contribution in [0.2, 0.25) is 0 Å². The first-order valence-electron chi connectivity index (χ1n) is 6.82. The highest BCUT2D eigenvalue weighted by atomic mass is 16.2. The summed E-state index contributed by atoms with van der Waals surface area (Å²) in [5.41, 5.74) is 3.12. The van der Waals surface area contributed by atoms with E-state index in [2.05, 4.69) is 10.6 Å². The van der Waals surface area contributed by atoms with Gasteiger partial charge in [0, 0.05) is 39.3 Å². The van der Waals surface area contributed by atoms with Crippen molar-refractivity contribution in [3.05, 3.63) is 34.9 Å².